The molecule has 7 heteroatoms. The topological polar surface area (TPSA) is 62.3 Å². The lowest BCUT2D eigenvalue weighted by Crippen LogP contribution is -2.40. The van der Waals surface area contributed by atoms with Gasteiger partial charge in [-0.15, -0.1) is 11.3 Å². The van der Waals surface area contributed by atoms with Crippen LogP contribution in [0, 0.1) is 0 Å². The quantitative estimate of drug-likeness (QED) is 0.577. The molecule has 4 rings (SSSR count). The average Bonchev–Trinajstić information content (AvgIpc) is 3.21. The third kappa shape index (κ3) is 3.59. The van der Waals surface area contributed by atoms with Gasteiger partial charge >= 0.3 is 6.03 Å². The first-order chi connectivity index (χ1) is 13.5. The molecule has 0 saturated carbocycles. The molecular weight excluding hydrogens is 438 g/mol. The highest BCUT2D eigenvalue weighted by atomic mass is 79.9. The first kappa shape index (κ1) is 18.8. The molecule has 3 aromatic rings. The van der Waals surface area contributed by atoms with E-state index in [-0.39, 0.29) is 12.5 Å². The molecule has 1 N–H and O–H groups in total. The number of hydrogen-bond acceptors (Lipinski definition) is 4. The third-order valence-corrected chi connectivity index (χ3v) is 6.19. The summed E-state index contributed by atoms with van der Waals surface area (Å²) in [6.07, 6.45) is 0.738. The summed E-state index contributed by atoms with van der Waals surface area (Å²) in [4.78, 5) is 31.4. The van der Waals surface area contributed by atoms with Gasteiger partial charge in [0, 0.05) is 16.3 Å². The van der Waals surface area contributed by atoms with Crippen LogP contribution in [-0.2, 0) is 23.3 Å². The molecule has 5 nitrogen and oxygen atoms in total. The van der Waals surface area contributed by atoms with Crippen molar-refractivity contribution in [3.8, 4) is 0 Å². The van der Waals surface area contributed by atoms with Gasteiger partial charge in [0.05, 0.1) is 17.2 Å². The fraction of sp³-hybridized carbons (Fsp3) is 0.190. The van der Waals surface area contributed by atoms with Crippen LogP contribution in [0.15, 0.2) is 64.5 Å². The second kappa shape index (κ2) is 7.48. The Labute approximate surface area is 175 Å². The van der Waals surface area contributed by atoms with E-state index >= 15 is 0 Å². The first-order valence-corrected chi connectivity index (χ1v) is 10.5. The summed E-state index contributed by atoms with van der Waals surface area (Å²) < 4.78 is 0.858. The molecule has 0 aliphatic carbocycles. The Morgan fingerprint density at radius 1 is 1.14 bits per heavy atom. The van der Waals surface area contributed by atoms with E-state index in [1.807, 2.05) is 47.8 Å². The summed E-state index contributed by atoms with van der Waals surface area (Å²) in [5, 5.41) is 5.70. The summed E-state index contributed by atoms with van der Waals surface area (Å²) in [5.74, 6) is -0.270. The third-order valence-electron chi connectivity index (χ3n) is 4.79. The van der Waals surface area contributed by atoms with Crippen LogP contribution in [0.5, 0.6) is 0 Å². The largest absolute Gasteiger partial charge is 0.325 e. The van der Waals surface area contributed by atoms with Crippen LogP contribution in [0.4, 0.5) is 4.79 Å². The number of carbonyl (C=O) groups is 2. The summed E-state index contributed by atoms with van der Waals surface area (Å²) >= 11 is 4.96. The predicted molar refractivity (Wildman–Crippen MR) is 112 cm³/mol. The molecule has 1 fully saturated rings. The van der Waals surface area contributed by atoms with Gasteiger partial charge in [-0.05, 0) is 30.2 Å². The van der Waals surface area contributed by atoms with Crippen LogP contribution in [0.3, 0.4) is 0 Å². The van der Waals surface area contributed by atoms with Crippen molar-refractivity contribution in [3.05, 3.63) is 86.3 Å². The van der Waals surface area contributed by atoms with E-state index in [1.54, 1.807) is 18.3 Å². The number of benzene rings is 2. The zero-order valence-electron chi connectivity index (χ0n) is 15.2. The fourth-order valence-corrected chi connectivity index (χ4v) is 4.49. The molecule has 1 aliphatic heterocycles. The number of imide groups is 1. The van der Waals surface area contributed by atoms with Crippen molar-refractivity contribution in [3.63, 3.8) is 0 Å². The van der Waals surface area contributed by atoms with Crippen molar-refractivity contribution in [1.82, 2.24) is 15.2 Å². The number of amides is 3. The molecule has 0 spiro atoms. The van der Waals surface area contributed by atoms with Gasteiger partial charge in [0.1, 0.15) is 5.54 Å². The van der Waals surface area contributed by atoms with Gasteiger partial charge in [0.2, 0.25) is 0 Å². The second-order valence-corrected chi connectivity index (χ2v) is 8.71. The van der Waals surface area contributed by atoms with E-state index in [9.17, 15) is 9.59 Å². The molecule has 0 bridgehead atoms. The zero-order chi connectivity index (χ0) is 19.7. The minimum absolute atomic E-state index is 0.166. The second-order valence-electron chi connectivity index (χ2n) is 6.85. The number of nitrogens with zero attached hydrogens (tertiary/aromatic N) is 2. The Bertz CT molecular complexity index is 1040. The minimum Gasteiger partial charge on any atom is -0.319 e. The van der Waals surface area contributed by atoms with Crippen LogP contribution < -0.4 is 5.32 Å². The van der Waals surface area contributed by atoms with Crippen LogP contribution in [0.2, 0.25) is 0 Å². The van der Waals surface area contributed by atoms with E-state index in [4.69, 9.17) is 0 Å². The molecule has 1 saturated heterocycles. The van der Waals surface area contributed by atoms with Crippen LogP contribution >= 0.6 is 27.3 Å². The molecule has 1 atom stereocenters. The van der Waals surface area contributed by atoms with Crippen LogP contribution in [0.25, 0.3) is 0 Å². The average molecular weight is 456 g/mol. The Morgan fingerprint density at radius 3 is 2.68 bits per heavy atom. The van der Waals surface area contributed by atoms with E-state index in [0.717, 1.165) is 27.2 Å². The summed E-state index contributed by atoms with van der Waals surface area (Å²) in [7, 11) is 0. The standard InChI is InChI=1S/C21H18BrN3O2S/c1-21(15-8-5-9-16(22)11-15)19(26)25(20(27)24-21)12-17-13-28-18(23-17)10-14-6-3-2-4-7-14/h2-9,11,13H,10,12H2,1H3,(H,24,27)/t21-/m1/s1. The van der Waals surface area contributed by atoms with Crippen molar-refractivity contribution < 1.29 is 9.59 Å². The van der Waals surface area contributed by atoms with Crippen molar-refractivity contribution in [2.45, 2.75) is 25.4 Å². The lowest BCUT2D eigenvalue weighted by molar-refractivity contribution is -0.131. The van der Waals surface area contributed by atoms with Gasteiger partial charge in [-0.1, -0.05) is 58.4 Å². The van der Waals surface area contributed by atoms with Crippen LogP contribution in [-0.4, -0.2) is 21.8 Å². The molecular formula is C21H18BrN3O2S. The number of thiazole rings is 1. The van der Waals surface area contributed by atoms with Crippen molar-refractivity contribution in [1.29, 1.82) is 0 Å². The van der Waals surface area contributed by atoms with E-state index in [1.165, 1.54) is 10.5 Å². The zero-order valence-corrected chi connectivity index (χ0v) is 17.6. The highest BCUT2D eigenvalue weighted by Crippen LogP contribution is 2.31. The number of halogens is 1. The first-order valence-electron chi connectivity index (χ1n) is 8.83. The maximum atomic E-state index is 13.1. The Hall–Kier alpha value is -2.51. The van der Waals surface area contributed by atoms with Gasteiger partial charge in [-0.25, -0.2) is 9.78 Å². The molecule has 1 aliphatic rings. The molecule has 2 aromatic carbocycles. The smallest absolute Gasteiger partial charge is 0.319 e. The maximum absolute atomic E-state index is 13.1. The fourth-order valence-electron chi connectivity index (χ4n) is 3.27. The molecule has 0 radical (unpaired) electrons. The van der Waals surface area contributed by atoms with E-state index in [2.05, 4.69) is 38.4 Å². The van der Waals surface area contributed by atoms with Gasteiger partial charge in [-0.2, -0.15) is 0 Å². The SMILES string of the molecule is C[C@]1(c2cccc(Br)c2)NC(=O)N(Cc2csc(Cc3ccccc3)n2)C1=O. The number of hydrogen-bond donors (Lipinski definition) is 1. The van der Waals surface area contributed by atoms with Crippen molar-refractivity contribution >= 4 is 39.2 Å². The lowest BCUT2D eigenvalue weighted by Gasteiger charge is -2.22. The van der Waals surface area contributed by atoms with Gasteiger partial charge in [0.15, 0.2) is 0 Å². The number of aromatic nitrogens is 1. The monoisotopic (exact) mass is 455 g/mol. The van der Waals surface area contributed by atoms with Crippen LogP contribution in [0.1, 0.15) is 28.8 Å². The summed E-state index contributed by atoms with van der Waals surface area (Å²) in [6.45, 7) is 1.90. The predicted octanol–water partition coefficient (Wildman–Crippen LogP) is 4.46. The van der Waals surface area contributed by atoms with Gasteiger partial charge in [0.25, 0.3) is 5.91 Å². The summed E-state index contributed by atoms with van der Waals surface area (Å²) in [5.41, 5.74) is 1.56. The Kier molecular flexibility index (Phi) is 5.03. The molecule has 0 unspecified atom stereocenters. The maximum Gasteiger partial charge on any atom is 0.325 e. The number of urea groups is 1. The number of rotatable bonds is 5. The van der Waals surface area contributed by atoms with Gasteiger partial charge < -0.3 is 5.32 Å². The molecule has 28 heavy (non-hydrogen) atoms. The number of carbonyl (C=O) groups excluding carboxylic acids is 2. The van der Waals surface area contributed by atoms with E-state index in [0.29, 0.717) is 0 Å². The normalized spacial score (nSPS) is 19.1. The van der Waals surface area contributed by atoms with Crippen molar-refractivity contribution in [2.24, 2.45) is 0 Å². The van der Waals surface area contributed by atoms with Gasteiger partial charge in [-0.3, -0.25) is 9.69 Å². The molecule has 142 valence electrons. The highest BCUT2D eigenvalue weighted by molar-refractivity contribution is 9.10. The molecule has 1 aromatic heterocycles. The molecule has 3 amide bonds. The Balaban J connectivity index is 1.51. The number of nitrogens with one attached hydrogen (secondary N) is 1. The highest BCUT2D eigenvalue weighted by Gasteiger charge is 2.49. The van der Waals surface area contributed by atoms with E-state index < -0.39 is 11.6 Å². The van der Waals surface area contributed by atoms with Crippen molar-refractivity contribution in [2.75, 3.05) is 0 Å². The minimum atomic E-state index is -1.08. The lowest BCUT2D eigenvalue weighted by atomic mass is 9.92. The Morgan fingerprint density at radius 2 is 1.93 bits per heavy atom. The molecule has 2 heterocycles. The summed E-state index contributed by atoms with van der Waals surface area (Å²) in [6, 6.07) is 17.1.